The number of nitriles is 1. The molecule has 0 saturated heterocycles. The van der Waals surface area contributed by atoms with Crippen LogP contribution in [-0.2, 0) is 20.9 Å². The average molecular weight is 463 g/mol. The Labute approximate surface area is 189 Å². The zero-order valence-corrected chi connectivity index (χ0v) is 18.6. The highest BCUT2D eigenvalue weighted by molar-refractivity contribution is 6.00. The lowest BCUT2D eigenvalue weighted by Crippen LogP contribution is -2.21. The smallest absolute Gasteiger partial charge is 0.451 e. The van der Waals surface area contributed by atoms with Crippen molar-refractivity contribution in [3.05, 3.63) is 52.9 Å². The maximum absolute atomic E-state index is 12.3. The Morgan fingerprint density at radius 1 is 1.21 bits per heavy atom. The molecule has 1 amide bonds. The van der Waals surface area contributed by atoms with Crippen molar-refractivity contribution >= 4 is 23.6 Å². The summed E-state index contributed by atoms with van der Waals surface area (Å²) in [7, 11) is 0. The van der Waals surface area contributed by atoms with Gasteiger partial charge in [0.2, 0.25) is 0 Å². The Bertz CT molecular complexity index is 1080. The summed E-state index contributed by atoms with van der Waals surface area (Å²) in [5.41, 5.74) is 2.51. The molecule has 0 bridgehead atoms. The number of benzene rings is 1. The topological polar surface area (TPSA) is 93.3 Å². The van der Waals surface area contributed by atoms with Crippen molar-refractivity contribution in [2.24, 2.45) is 5.92 Å². The Morgan fingerprint density at radius 3 is 2.39 bits per heavy atom. The van der Waals surface area contributed by atoms with Crippen LogP contribution in [0.25, 0.3) is 6.08 Å². The van der Waals surface area contributed by atoms with E-state index >= 15 is 0 Å². The van der Waals surface area contributed by atoms with Crippen LogP contribution in [0.2, 0.25) is 0 Å². The molecule has 1 N–H and O–H groups in total. The second kappa shape index (κ2) is 10.7. The first-order chi connectivity index (χ1) is 15.4. The number of anilines is 1. The molecule has 0 aliphatic rings. The van der Waals surface area contributed by atoms with Gasteiger partial charge in [-0.15, -0.1) is 13.2 Å². The summed E-state index contributed by atoms with van der Waals surface area (Å²) in [5, 5.41) is 11.7. The molecular weight excluding hydrogens is 439 g/mol. The molecule has 0 atom stereocenters. The third-order valence-electron chi connectivity index (χ3n) is 4.51. The summed E-state index contributed by atoms with van der Waals surface area (Å²) >= 11 is 0. The van der Waals surface area contributed by atoms with Gasteiger partial charge in [-0.2, -0.15) is 5.26 Å². The quantitative estimate of drug-likeness (QED) is 0.347. The van der Waals surface area contributed by atoms with E-state index in [9.17, 15) is 28.0 Å². The van der Waals surface area contributed by atoms with Gasteiger partial charge in [-0.25, -0.2) is 4.79 Å². The molecule has 0 aliphatic heterocycles. The van der Waals surface area contributed by atoms with E-state index < -0.39 is 30.6 Å². The molecular formula is C23H24F3N3O4. The number of nitrogens with one attached hydrogen (secondary N) is 1. The number of amides is 1. The molecule has 1 heterocycles. The summed E-state index contributed by atoms with van der Waals surface area (Å²) in [6.45, 7) is 8.11. The van der Waals surface area contributed by atoms with Crippen molar-refractivity contribution in [3.8, 4) is 11.8 Å². The first-order valence-corrected chi connectivity index (χ1v) is 10.0. The van der Waals surface area contributed by atoms with E-state index in [1.54, 1.807) is 6.07 Å². The first kappa shape index (κ1) is 25.5. The highest BCUT2D eigenvalue weighted by Gasteiger charge is 2.31. The molecule has 2 rings (SSSR count). The number of halogens is 3. The lowest BCUT2D eigenvalue weighted by atomic mass is 10.1. The number of aryl methyl sites for hydroxylation is 1. The highest BCUT2D eigenvalue weighted by Crippen LogP contribution is 2.24. The van der Waals surface area contributed by atoms with Crippen LogP contribution in [0.3, 0.4) is 0 Å². The maximum Gasteiger partial charge on any atom is 0.573 e. The van der Waals surface area contributed by atoms with Gasteiger partial charge in [0.1, 0.15) is 17.4 Å². The number of carbonyl (C=O) groups excluding carboxylic acids is 2. The second-order valence-corrected chi connectivity index (χ2v) is 7.70. The lowest BCUT2D eigenvalue weighted by molar-refractivity contribution is -0.274. The predicted molar refractivity (Wildman–Crippen MR) is 115 cm³/mol. The summed E-state index contributed by atoms with van der Waals surface area (Å²) in [6, 6.07) is 8.11. The first-order valence-electron chi connectivity index (χ1n) is 10.0. The van der Waals surface area contributed by atoms with Gasteiger partial charge in [-0.1, -0.05) is 13.8 Å². The second-order valence-electron chi connectivity index (χ2n) is 7.70. The van der Waals surface area contributed by atoms with Gasteiger partial charge >= 0.3 is 12.3 Å². The van der Waals surface area contributed by atoms with Crippen molar-refractivity contribution in [2.45, 2.75) is 40.6 Å². The van der Waals surface area contributed by atoms with Gasteiger partial charge in [0.15, 0.2) is 6.61 Å². The Kier molecular flexibility index (Phi) is 8.29. The van der Waals surface area contributed by atoms with E-state index in [1.807, 2.05) is 19.9 Å². The van der Waals surface area contributed by atoms with Gasteiger partial charge in [-0.3, -0.25) is 4.79 Å². The molecule has 0 unspecified atom stereocenters. The molecule has 0 saturated carbocycles. The number of nitrogens with zero attached hydrogens (tertiary/aromatic N) is 2. The zero-order chi connectivity index (χ0) is 24.8. The lowest BCUT2D eigenvalue weighted by Gasteiger charge is -2.12. The van der Waals surface area contributed by atoms with Gasteiger partial charge in [0.05, 0.1) is 0 Å². The molecule has 7 nitrogen and oxygen atoms in total. The molecule has 10 heteroatoms. The third kappa shape index (κ3) is 7.71. The third-order valence-corrected chi connectivity index (χ3v) is 4.51. The Hall–Kier alpha value is -3.74. The number of esters is 1. The van der Waals surface area contributed by atoms with Crippen LogP contribution in [0.5, 0.6) is 5.75 Å². The molecule has 0 spiro atoms. The molecule has 0 radical (unpaired) electrons. The minimum Gasteiger partial charge on any atom is -0.451 e. The summed E-state index contributed by atoms with van der Waals surface area (Å²) in [5.74, 6) is -1.71. The fraction of sp³-hybridized carbons (Fsp3) is 0.348. The molecule has 0 aliphatic carbocycles. The fourth-order valence-corrected chi connectivity index (χ4v) is 3.06. The van der Waals surface area contributed by atoms with Crippen molar-refractivity contribution in [3.63, 3.8) is 0 Å². The van der Waals surface area contributed by atoms with Crippen LogP contribution in [-0.4, -0.2) is 29.4 Å². The fourth-order valence-electron chi connectivity index (χ4n) is 3.06. The summed E-state index contributed by atoms with van der Waals surface area (Å²) < 4.78 is 47.3. The van der Waals surface area contributed by atoms with Crippen molar-refractivity contribution in [1.82, 2.24) is 4.57 Å². The minimum atomic E-state index is -4.82. The molecule has 176 valence electrons. The maximum atomic E-state index is 12.3. The van der Waals surface area contributed by atoms with E-state index in [0.29, 0.717) is 11.5 Å². The van der Waals surface area contributed by atoms with E-state index in [-0.39, 0.29) is 11.3 Å². The predicted octanol–water partition coefficient (Wildman–Crippen LogP) is 4.75. The van der Waals surface area contributed by atoms with Gasteiger partial charge in [0.25, 0.3) is 5.91 Å². The van der Waals surface area contributed by atoms with Crippen LogP contribution in [0.4, 0.5) is 18.9 Å². The van der Waals surface area contributed by atoms with Crippen molar-refractivity contribution in [1.29, 1.82) is 5.26 Å². The van der Waals surface area contributed by atoms with Crippen LogP contribution in [0.15, 0.2) is 35.9 Å². The standard InChI is InChI=1S/C23H24F3N3O4/c1-14(2)12-29-15(3)9-17(16(29)4)10-18(11-27)22(31)32-13-21(30)28-19-5-7-20(8-6-19)33-23(24,25)26/h5-10,14H,12-13H2,1-4H3,(H,28,30). The molecule has 2 aromatic rings. The van der Waals surface area contributed by atoms with E-state index in [1.165, 1.54) is 18.2 Å². The number of carbonyl (C=O) groups is 2. The summed E-state index contributed by atoms with van der Waals surface area (Å²) in [4.78, 5) is 24.3. The van der Waals surface area contributed by atoms with E-state index in [2.05, 4.69) is 28.5 Å². The largest absolute Gasteiger partial charge is 0.573 e. The van der Waals surface area contributed by atoms with Crippen molar-refractivity contribution < 1.29 is 32.2 Å². The van der Waals surface area contributed by atoms with Crippen LogP contribution < -0.4 is 10.1 Å². The van der Waals surface area contributed by atoms with Crippen molar-refractivity contribution in [2.75, 3.05) is 11.9 Å². The molecule has 1 aromatic heterocycles. The van der Waals surface area contributed by atoms with Crippen LogP contribution in [0, 0.1) is 31.1 Å². The number of aromatic nitrogens is 1. The highest BCUT2D eigenvalue weighted by atomic mass is 19.4. The number of alkyl halides is 3. The number of rotatable bonds is 8. The molecule has 33 heavy (non-hydrogen) atoms. The number of hydrogen-bond donors (Lipinski definition) is 1. The number of hydrogen-bond acceptors (Lipinski definition) is 5. The normalized spacial score (nSPS) is 11.8. The Balaban J connectivity index is 1.98. The van der Waals surface area contributed by atoms with Gasteiger partial charge in [0, 0.05) is 23.6 Å². The zero-order valence-electron chi connectivity index (χ0n) is 18.6. The average Bonchev–Trinajstić information content (AvgIpc) is 2.97. The SMILES string of the molecule is Cc1cc(C=C(C#N)C(=O)OCC(=O)Nc2ccc(OC(F)(F)F)cc2)c(C)n1CC(C)C. The summed E-state index contributed by atoms with van der Waals surface area (Å²) in [6.07, 6.45) is -3.40. The van der Waals surface area contributed by atoms with Crippen LogP contribution >= 0.6 is 0 Å². The minimum absolute atomic E-state index is 0.180. The van der Waals surface area contributed by atoms with Crippen LogP contribution in [0.1, 0.15) is 30.8 Å². The van der Waals surface area contributed by atoms with E-state index in [4.69, 9.17) is 4.74 Å². The molecule has 0 fully saturated rings. The molecule has 1 aromatic carbocycles. The van der Waals surface area contributed by atoms with Gasteiger partial charge in [-0.05, 0) is 61.7 Å². The van der Waals surface area contributed by atoms with E-state index in [0.717, 1.165) is 30.1 Å². The monoisotopic (exact) mass is 463 g/mol. The number of ether oxygens (including phenoxy) is 2. The van der Waals surface area contributed by atoms with Gasteiger partial charge < -0.3 is 19.4 Å². The Morgan fingerprint density at radius 2 is 1.85 bits per heavy atom.